The van der Waals surface area contributed by atoms with E-state index in [4.69, 9.17) is 0 Å². The minimum absolute atomic E-state index is 0.0826. The molecule has 1 aromatic carbocycles. The number of aromatic amines is 1. The third-order valence-corrected chi connectivity index (χ3v) is 3.48. The highest BCUT2D eigenvalue weighted by atomic mass is 16.2. The molecule has 1 unspecified atom stereocenters. The predicted molar refractivity (Wildman–Crippen MR) is 68.4 cm³/mol. The van der Waals surface area contributed by atoms with E-state index >= 15 is 0 Å². The first-order valence-electron chi connectivity index (χ1n) is 6.13. The Kier molecular flexibility index (Phi) is 2.63. The third kappa shape index (κ3) is 1.70. The van der Waals surface area contributed by atoms with Gasteiger partial charge in [0.25, 0.3) is 5.91 Å². The number of amides is 1. The van der Waals surface area contributed by atoms with Gasteiger partial charge >= 0.3 is 0 Å². The van der Waals surface area contributed by atoms with E-state index in [0.29, 0.717) is 12.2 Å². The Hall–Kier alpha value is -2.10. The van der Waals surface area contributed by atoms with Crippen LogP contribution in [-0.2, 0) is 4.79 Å². The number of para-hydroxylation sites is 1. The van der Waals surface area contributed by atoms with Crippen LogP contribution >= 0.6 is 0 Å². The maximum Gasteiger partial charge on any atom is 0.270 e. The molecule has 1 N–H and O–H groups in total. The van der Waals surface area contributed by atoms with Crippen LogP contribution in [0.4, 0.5) is 0 Å². The number of likely N-dealkylation sites (tertiary alicyclic amines) is 1. The van der Waals surface area contributed by atoms with Crippen molar-refractivity contribution >= 4 is 23.1 Å². The van der Waals surface area contributed by atoms with Gasteiger partial charge in [0.2, 0.25) is 0 Å². The van der Waals surface area contributed by atoms with Crippen molar-refractivity contribution in [2.24, 2.45) is 0 Å². The van der Waals surface area contributed by atoms with E-state index in [2.05, 4.69) is 4.98 Å². The fourth-order valence-electron chi connectivity index (χ4n) is 2.53. The molecule has 0 saturated carbocycles. The first-order valence-corrected chi connectivity index (χ1v) is 6.13. The molecular formula is C14H14N2O2. The SMILES string of the molecule is O=CC1CCCN1C(=O)c1cc2ccccc2[nH]1. The number of hydrogen-bond acceptors (Lipinski definition) is 2. The first-order chi connectivity index (χ1) is 8.79. The average Bonchev–Trinajstić information content (AvgIpc) is 3.03. The van der Waals surface area contributed by atoms with Crippen LogP contribution in [-0.4, -0.2) is 34.7 Å². The van der Waals surface area contributed by atoms with E-state index < -0.39 is 0 Å². The highest BCUT2D eigenvalue weighted by Crippen LogP contribution is 2.21. The molecule has 1 aromatic heterocycles. The van der Waals surface area contributed by atoms with Gasteiger partial charge < -0.3 is 14.7 Å². The van der Waals surface area contributed by atoms with Crippen LogP contribution in [0.5, 0.6) is 0 Å². The number of benzene rings is 1. The second-order valence-corrected chi connectivity index (χ2v) is 4.61. The van der Waals surface area contributed by atoms with Gasteiger partial charge in [-0.25, -0.2) is 0 Å². The van der Waals surface area contributed by atoms with Crippen molar-refractivity contribution in [3.63, 3.8) is 0 Å². The van der Waals surface area contributed by atoms with E-state index in [1.54, 1.807) is 4.90 Å². The molecule has 0 spiro atoms. The molecular weight excluding hydrogens is 228 g/mol. The van der Waals surface area contributed by atoms with Crippen molar-refractivity contribution in [3.8, 4) is 0 Å². The molecule has 4 nitrogen and oxygen atoms in total. The molecule has 2 aromatic rings. The number of nitrogens with zero attached hydrogens (tertiary/aromatic N) is 1. The van der Waals surface area contributed by atoms with E-state index in [0.717, 1.165) is 30.0 Å². The number of aldehydes is 1. The Morgan fingerprint density at radius 1 is 1.39 bits per heavy atom. The van der Waals surface area contributed by atoms with Crippen LogP contribution in [0.3, 0.4) is 0 Å². The summed E-state index contributed by atoms with van der Waals surface area (Å²) in [5.74, 6) is -0.0826. The molecule has 18 heavy (non-hydrogen) atoms. The third-order valence-electron chi connectivity index (χ3n) is 3.48. The zero-order chi connectivity index (χ0) is 12.5. The standard InChI is InChI=1S/C14H14N2O2/c17-9-11-5-3-7-16(11)14(18)13-8-10-4-1-2-6-12(10)15-13/h1-2,4,6,8-9,11,15H,3,5,7H2. The van der Waals surface area contributed by atoms with Crippen molar-refractivity contribution < 1.29 is 9.59 Å². The normalized spacial score (nSPS) is 19.3. The maximum atomic E-state index is 12.3. The topological polar surface area (TPSA) is 53.2 Å². The highest BCUT2D eigenvalue weighted by Gasteiger charge is 2.29. The second-order valence-electron chi connectivity index (χ2n) is 4.61. The minimum atomic E-state index is -0.260. The molecule has 4 heteroatoms. The number of fused-ring (bicyclic) bond motifs is 1. The summed E-state index contributed by atoms with van der Waals surface area (Å²) in [5, 5.41) is 1.02. The van der Waals surface area contributed by atoms with Crippen LogP contribution in [0.25, 0.3) is 10.9 Å². The smallest absolute Gasteiger partial charge is 0.270 e. The van der Waals surface area contributed by atoms with Gasteiger partial charge in [0.05, 0.1) is 6.04 Å². The largest absolute Gasteiger partial charge is 0.351 e. The Bertz CT molecular complexity index is 570. The molecule has 3 rings (SSSR count). The van der Waals surface area contributed by atoms with Gasteiger partial charge in [0.15, 0.2) is 0 Å². The quantitative estimate of drug-likeness (QED) is 0.818. The summed E-state index contributed by atoms with van der Waals surface area (Å²) in [6, 6.07) is 9.35. The van der Waals surface area contributed by atoms with E-state index in [1.807, 2.05) is 30.3 Å². The van der Waals surface area contributed by atoms with E-state index in [1.165, 1.54) is 0 Å². The summed E-state index contributed by atoms with van der Waals surface area (Å²) < 4.78 is 0. The van der Waals surface area contributed by atoms with E-state index in [-0.39, 0.29) is 11.9 Å². The summed E-state index contributed by atoms with van der Waals surface area (Å²) in [6.45, 7) is 0.664. The second kappa shape index (κ2) is 4.29. The lowest BCUT2D eigenvalue weighted by molar-refractivity contribution is -0.111. The van der Waals surface area contributed by atoms with E-state index in [9.17, 15) is 9.59 Å². The number of carbonyl (C=O) groups excluding carboxylic acids is 2. The summed E-state index contributed by atoms with van der Waals surface area (Å²) in [7, 11) is 0. The molecule has 0 aliphatic carbocycles. The summed E-state index contributed by atoms with van der Waals surface area (Å²) in [5.41, 5.74) is 1.51. The fourth-order valence-corrected chi connectivity index (χ4v) is 2.53. The average molecular weight is 242 g/mol. The number of H-pyrrole nitrogens is 1. The van der Waals surface area contributed by atoms with Crippen molar-refractivity contribution in [2.45, 2.75) is 18.9 Å². The van der Waals surface area contributed by atoms with Crippen molar-refractivity contribution in [2.75, 3.05) is 6.54 Å². The minimum Gasteiger partial charge on any atom is -0.351 e. The summed E-state index contributed by atoms with van der Waals surface area (Å²) in [6.07, 6.45) is 2.54. The van der Waals surface area contributed by atoms with Crippen LogP contribution < -0.4 is 0 Å². The fraction of sp³-hybridized carbons (Fsp3) is 0.286. The number of carbonyl (C=O) groups is 2. The highest BCUT2D eigenvalue weighted by molar-refractivity contribution is 5.99. The molecule has 2 heterocycles. The van der Waals surface area contributed by atoms with Crippen molar-refractivity contribution in [1.82, 2.24) is 9.88 Å². The van der Waals surface area contributed by atoms with Crippen molar-refractivity contribution in [3.05, 3.63) is 36.0 Å². The van der Waals surface area contributed by atoms with Crippen LogP contribution in [0.15, 0.2) is 30.3 Å². The Labute approximate surface area is 105 Å². The van der Waals surface area contributed by atoms with Crippen LogP contribution in [0.1, 0.15) is 23.3 Å². The van der Waals surface area contributed by atoms with Gasteiger partial charge in [-0.3, -0.25) is 4.79 Å². The van der Waals surface area contributed by atoms with Crippen LogP contribution in [0.2, 0.25) is 0 Å². The number of hydrogen-bond donors (Lipinski definition) is 1. The van der Waals surface area contributed by atoms with Gasteiger partial charge in [-0.05, 0) is 25.0 Å². The molecule has 1 aliphatic rings. The molecule has 1 aliphatic heterocycles. The first kappa shape index (κ1) is 11.0. The zero-order valence-corrected chi connectivity index (χ0v) is 9.93. The van der Waals surface area contributed by atoms with Gasteiger partial charge in [0.1, 0.15) is 12.0 Å². The number of rotatable bonds is 2. The zero-order valence-electron chi connectivity index (χ0n) is 9.93. The summed E-state index contributed by atoms with van der Waals surface area (Å²) >= 11 is 0. The summed E-state index contributed by atoms with van der Waals surface area (Å²) in [4.78, 5) is 28.0. The van der Waals surface area contributed by atoms with Gasteiger partial charge in [0, 0.05) is 17.4 Å². The lowest BCUT2D eigenvalue weighted by Gasteiger charge is -2.19. The lowest BCUT2D eigenvalue weighted by atomic mass is 10.2. The number of nitrogens with one attached hydrogen (secondary N) is 1. The molecule has 1 saturated heterocycles. The predicted octanol–water partition coefficient (Wildman–Crippen LogP) is 1.97. The van der Waals surface area contributed by atoms with Crippen LogP contribution in [0, 0.1) is 0 Å². The molecule has 0 bridgehead atoms. The van der Waals surface area contributed by atoms with Gasteiger partial charge in [-0.1, -0.05) is 18.2 Å². The maximum absolute atomic E-state index is 12.3. The Morgan fingerprint density at radius 2 is 2.22 bits per heavy atom. The van der Waals surface area contributed by atoms with Crippen molar-refractivity contribution in [1.29, 1.82) is 0 Å². The molecule has 1 atom stereocenters. The lowest BCUT2D eigenvalue weighted by Crippen LogP contribution is -2.36. The molecule has 92 valence electrons. The number of aromatic nitrogens is 1. The Balaban J connectivity index is 1.94. The monoisotopic (exact) mass is 242 g/mol. The molecule has 1 fully saturated rings. The molecule has 1 amide bonds. The van der Waals surface area contributed by atoms with Gasteiger partial charge in [-0.15, -0.1) is 0 Å². The van der Waals surface area contributed by atoms with Gasteiger partial charge in [-0.2, -0.15) is 0 Å². The Morgan fingerprint density at radius 3 is 3.00 bits per heavy atom. The molecule has 0 radical (unpaired) electrons.